The summed E-state index contributed by atoms with van der Waals surface area (Å²) in [5.41, 5.74) is 1.13. The molecule has 0 aliphatic rings. The maximum Gasteiger partial charge on any atom is 0.0454 e. The van der Waals surface area contributed by atoms with Crippen LogP contribution in [0.15, 0.2) is 12.2 Å². The van der Waals surface area contributed by atoms with Crippen molar-refractivity contribution < 1.29 is 0 Å². The number of nitrogens with zero attached hydrogens (tertiary/aromatic N) is 1. The van der Waals surface area contributed by atoms with Gasteiger partial charge in [0.25, 0.3) is 0 Å². The van der Waals surface area contributed by atoms with Gasteiger partial charge in [-0.1, -0.05) is 25.0 Å². The molecule has 9 heavy (non-hydrogen) atoms. The van der Waals surface area contributed by atoms with Gasteiger partial charge in [-0.2, -0.15) is 0 Å². The van der Waals surface area contributed by atoms with Crippen LogP contribution in [0.5, 0.6) is 0 Å². The third kappa shape index (κ3) is 2.03. The highest BCUT2D eigenvalue weighted by Crippen LogP contribution is 2.21. The molecular formula is C7H15NS. The lowest BCUT2D eigenvalue weighted by molar-refractivity contribution is 0.347. The van der Waals surface area contributed by atoms with Crippen molar-refractivity contribution in [1.29, 1.82) is 0 Å². The molecule has 0 aromatic carbocycles. The van der Waals surface area contributed by atoms with E-state index in [4.69, 9.17) is 0 Å². The third-order valence-electron chi connectivity index (χ3n) is 1.85. The predicted molar refractivity (Wildman–Crippen MR) is 45.6 cm³/mol. The Morgan fingerprint density at radius 1 is 1.56 bits per heavy atom. The molecule has 0 heterocycles. The maximum absolute atomic E-state index is 4.19. The highest BCUT2D eigenvalue weighted by Gasteiger charge is 2.21. The molecule has 0 radical (unpaired) electrons. The minimum absolute atomic E-state index is 0.00309. The first-order valence-electron chi connectivity index (χ1n) is 2.97. The number of rotatable bonds is 2. The van der Waals surface area contributed by atoms with E-state index in [1.807, 2.05) is 18.3 Å². The SMILES string of the molecule is C=C(C)C(C)(C)N(C)S. The van der Waals surface area contributed by atoms with Gasteiger partial charge in [0, 0.05) is 5.54 Å². The molecule has 1 nitrogen and oxygen atoms in total. The van der Waals surface area contributed by atoms with Crippen LogP contribution in [0, 0.1) is 0 Å². The van der Waals surface area contributed by atoms with Gasteiger partial charge in [0.05, 0.1) is 0 Å². The summed E-state index contributed by atoms with van der Waals surface area (Å²) in [6.45, 7) is 10.0. The van der Waals surface area contributed by atoms with Crippen molar-refractivity contribution in [3.63, 3.8) is 0 Å². The monoisotopic (exact) mass is 145 g/mol. The van der Waals surface area contributed by atoms with Crippen molar-refractivity contribution in [2.75, 3.05) is 7.05 Å². The van der Waals surface area contributed by atoms with Crippen molar-refractivity contribution in [1.82, 2.24) is 4.31 Å². The third-order valence-corrected chi connectivity index (χ3v) is 2.35. The largest absolute Gasteiger partial charge is 0.247 e. The molecule has 0 aliphatic heterocycles. The normalized spacial score (nSPS) is 12.2. The Labute approximate surface area is 63.3 Å². The summed E-state index contributed by atoms with van der Waals surface area (Å²) < 4.78 is 1.86. The molecule has 2 heteroatoms. The van der Waals surface area contributed by atoms with E-state index in [0.29, 0.717) is 0 Å². The van der Waals surface area contributed by atoms with Gasteiger partial charge in [-0.3, -0.25) is 0 Å². The molecule has 0 aliphatic carbocycles. The fourth-order valence-corrected chi connectivity index (χ4v) is 0.447. The van der Waals surface area contributed by atoms with E-state index in [0.717, 1.165) is 5.57 Å². The number of likely N-dealkylation sites (N-methyl/N-ethyl adjacent to an activating group) is 1. The Bertz CT molecular complexity index is 116. The molecule has 0 N–H and O–H groups in total. The first kappa shape index (κ1) is 9.05. The van der Waals surface area contributed by atoms with Gasteiger partial charge >= 0.3 is 0 Å². The highest BCUT2D eigenvalue weighted by atomic mass is 32.1. The Morgan fingerprint density at radius 3 is 1.89 bits per heavy atom. The molecule has 0 amide bonds. The Hall–Kier alpha value is 0.0500. The van der Waals surface area contributed by atoms with Crippen molar-refractivity contribution in [3.05, 3.63) is 12.2 Å². The van der Waals surface area contributed by atoms with E-state index in [-0.39, 0.29) is 5.54 Å². The molecule has 0 unspecified atom stereocenters. The first-order valence-corrected chi connectivity index (χ1v) is 3.37. The van der Waals surface area contributed by atoms with E-state index in [1.165, 1.54) is 0 Å². The Balaban J connectivity index is 4.19. The molecule has 0 bridgehead atoms. The number of hydrogen-bond donors (Lipinski definition) is 1. The van der Waals surface area contributed by atoms with Crippen LogP contribution in [-0.2, 0) is 0 Å². The van der Waals surface area contributed by atoms with Gasteiger partial charge < -0.3 is 0 Å². The van der Waals surface area contributed by atoms with Crippen molar-refractivity contribution in [3.8, 4) is 0 Å². The molecular weight excluding hydrogens is 130 g/mol. The van der Waals surface area contributed by atoms with Crippen LogP contribution in [0.4, 0.5) is 0 Å². The smallest absolute Gasteiger partial charge is 0.0454 e. The summed E-state index contributed by atoms with van der Waals surface area (Å²) in [7, 11) is 1.93. The number of thiol groups is 1. The van der Waals surface area contributed by atoms with Crippen LogP contribution >= 0.6 is 12.8 Å². The van der Waals surface area contributed by atoms with E-state index in [9.17, 15) is 0 Å². The van der Waals surface area contributed by atoms with Crippen LogP contribution in [0.1, 0.15) is 20.8 Å². The lowest BCUT2D eigenvalue weighted by atomic mass is 9.98. The first-order chi connectivity index (χ1) is 3.89. The van der Waals surface area contributed by atoms with Gasteiger partial charge in [-0.05, 0) is 27.8 Å². The van der Waals surface area contributed by atoms with Crippen LogP contribution in [-0.4, -0.2) is 16.9 Å². The zero-order valence-corrected chi connectivity index (χ0v) is 7.50. The quantitative estimate of drug-likeness (QED) is 0.460. The minimum atomic E-state index is 0.00309. The molecule has 0 aromatic heterocycles. The summed E-state index contributed by atoms with van der Waals surface area (Å²) >= 11 is 4.19. The molecule has 0 atom stereocenters. The average Bonchev–Trinajstić information content (AvgIpc) is 1.65. The Morgan fingerprint density at radius 2 is 1.89 bits per heavy atom. The van der Waals surface area contributed by atoms with Crippen molar-refractivity contribution >= 4 is 12.8 Å². The lowest BCUT2D eigenvalue weighted by Crippen LogP contribution is -2.35. The fourth-order valence-electron chi connectivity index (χ4n) is 0.276. The summed E-state index contributed by atoms with van der Waals surface area (Å²) in [5.74, 6) is 0. The zero-order chi connectivity index (χ0) is 7.65. The fraction of sp³-hybridized carbons (Fsp3) is 0.714. The van der Waals surface area contributed by atoms with E-state index < -0.39 is 0 Å². The summed E-state index contributed by atoms with van der Waals surface area (Å²) in [6.07, 6.45) is 0. The molecule has 0 fully saturated rings. The minimum Gasteiger partial charge on any atom is -0.247 e. The molecule has 54 valence electrons. The van der Waals surface area contributed by atoms with Gasteiger partial charge in [0.2, 0.25) is 0 Å². The standard InChI is InChI=1S/C7H15NS/c1-6(2)7(3,4)8(5)9/h9H,1H2,2-5H3. The average molecular weight is 145 g/mol. The Kier molecular flexibility index (Phi) is 2.77. The molecule has 0 spiro atoms. The van der Waals surface area contributed by atoms with Gasteiger partial charge in [-0.25, -0.2) is 4.31 Å². The molecule has 0 saturated carbocycles. The second kappa shape index (κ2) is 2.76. The van der Waals surface area contributed by atoms with Crippen LogP contribution < -0.4 is 0 Å². The van der Waals surface area contributed by atoms with Gasteiger partial charge in [0.1, 0.15) is 0 Å². The van der Waals surface area contributed by atoms with Crippen molar-refractivity contribution in [2.45, 2.75) is 26.3 Å². The second-order valence-corrected chi connectivity index (χ2v) is 3.46. The summed E-state index contributed by atoms with van der Waals surface area (Å²) in [6, 6.07) is 0. The molecule has 0 aromatic rings. The molecule has 0 saturated heterocycles. The van der Waals surface area contributed by atoms with Gasteiger partial charge in [0.15, 0.2) is 0 Å². The molecule has 0 rings (SSSR count). The van der Waals surface area contributed by atoms with E-state index in [1.54, 1.807) is 0 Å². The summed E-state index contributed by atoms with van der Waals surface area (Å²) in [4.78, 5) is 0. The lowest BCUT2D eigenvalue weighted by Gasteiger charge is -2.31. The topological polar surface area (TPSA) is 3.24 Å². The number of hydrogen-bond acceptors (Lipinski definition) is 2. The predicted octanol–water partition coefficient (Wildman–Crippen LogP) is 2.12. The van der Waals surface area contributed by atoms with Crippen molar-refractivity contribution in [2.24, 2.45) is 0 Å². The van der Waals surface area contributed by atoms with E-state index >= 15 is 0 Å². The van der Waals surface area contributed by atoms with Gasteiger partial charge in [-0.15, -0.1) is 0 Å². The van der Waals surface area contributed by atoms with Crippen LogP contribution in [0.3, 0.4) is 0 Å². The second-order valence-electron chi connectivity index (χ2n) is 2.86. The summed E-state index contributed by atoms with van der Waals surface area (Å²) in [5, 5.41) is 0. The van der Waals surface area contributed by atoms with Crippen LogP contribution in [0.2, 0.25) is 0 Å². The zero-order valence-electron chi connectivity index (χ0n) is 6.60. The highest BCUT2D eigenvalue weighted by molar-refractivity contribution is 7.77. The van der Waals surface area contributed by atoms with Crippen LogP contribution in [0.25, 0.3) is 0 Å². The van der Waals surface area contributed by atoms with E-state index in [2.05, 4.69) is 33.2 Å². The maximum atomic E-state index is 4.19.